The second-order valence-electron chi connectivity index (χ2n) is 6.84. The molecule has 152 valence electrons. The number of carbonyl (C=O) groups excluding carboxylic acids is 2. The SMILES string of the molecule is CN(C)C(=O)c1cnn(C)c1C(=O)Nc1ccn2cc(-c3cccc(F)c3)nc2n1. The average molecular weight is 407 g/mol. The first-order chi connectivity index (χ1) is 14.3. The quantitative estimate of drug-likeness (QED) is 0.560. The van der Waals surface area contributed by atoms with Gasteiger partial charge in [0, 0.05) is 39.1 Å². The lowest BCUT2D eigenvalue weighted by Crippen LogP contribution is -2.26. The summed E-state index contributed by atoms with van der Waals surface area (Å²) >= 11 is 0. The summed E-state index contributed by atoms with van der Waals surface area (Å²) in [4.78, 5) is 35.2. The minimum atomic E-state index is -0.519. The van der Waals surface area contributed by atoms with Crippen molar-refractivity contribution in [1.82, 2.24) is 29.0 Å². The van der Waals surface area contributed by atoms with E-state index < -0.39 is 5.91 Å². The minimum absolute atomic E-state index is 0.124. The smallest absolute Gasteiger partial charge is 0.275 e. The van der Waals surface area contributed by atoms with Gasteiger partial charge in [0.25, 0.3) is 11.8 Å². The molecule has 3 heterocycles. The summed E-state index contributed by atoms with van der Waals surface area (Å²) in [6.07, 6.45) is 4.76. The molecule has 10 heteroatoms. The molecule has 3 aromatic heterocycles. The van der Waals surface area contributed by atoms with Gasteiger partial charge >= 0.3 is 0 Å². The molecule has 1 N–H and O–H groups in total. The number of hydrogen-bond donors (Lipinski definition) is 1. The highest BCUT2D eigenvalue weighted by atomic mass is 19.1. The van der Waals surface area contributed by atoms with Gasteiger partial charge in [-0.2, -0.15) is 10.1 Å². The maximum Gasteiger partial charge on any atom is 0.275 e. The number of aromatic nitrogens is 5. The van der Waals surface area contributed by atoms with E-state index >= 15 is 0 Å². The highest BCUT2D eigenvalue weighted by molar-refractivity contribution is 6.10. The van der Waals surface area contributed by atoms with Gasteiger partial charge in [0.1, 0.15) is 17.3 Å². The molecule has 0 aliphatic carbocycles. The van der Waals surface area contributed by atoms with Crippen LogP contribution in [0.15, 0.2) is 48.9 Å². The molecule has 30 heavy (non-hydrogen) atoms. The van der Waals surface area contributed by atoms with Crippen molar-refractivity contribution in [1.29, 1.82) is 0 Å². The van der Waals surface area contributed by atoms with Crippen LogP contribution in [0.25, 0.3) is 17.0 Å². The zero-order valence-electron chi connectivity index (χ0n) is 16.5. The molecule has 4 aromatic rings. The van der Waals surface area contributed by atoms with Gasteiger partial charge in [-0.1, -0.05) is 12.1 Å². The number of benzene rings is 1. The van der Waals surface area contributed by atoms with Crippen molar-refractivity contribution >= 4 is 23.4 Å². The molecular weight excluding hydrogens is 389 g/mol. The molecule has 0 aliphatic rings. The van der Waals surface area contributed by atoms with Crippen LogP contribution >= 0.6 is 0 Å². The van der Waals surface area contributed by atoms with Crippen molar-refractivity contribution in [2.45, 2.75) is 0 Å². The van der Waals surface area contributed by atoms with Crippen molar-refractivity contribution in [2.24, 2.45) is 7.05 Å². The predicted octanol–water partition coefficient (Wildman–Crippen LogP) is 2.22. The first-order valence-electron chi connectivity index (χ1n) is 9.00. The summed E-state index contributed by atoms with van der Waals surface area (Å²) in [5.41, 5.74) is 1.48. The standard InChI is InChI=1S/C20H18FN7O2/c1-26(2)19(30)14-10-22-27(3)17(14)18(29)24-16-7-8-28-11-15(23-20(28)25-16)12-5-4-6-13(21)9-12/h4-11H,1-3H3,(H,23,24,25,29). The van der Waals surface area contributed by atoms with Crippen molar-refractivity contribution in [3.63, 3.8) is 0 Å². The molecule has 0 unspecified atom stereocenters. The van der Waals surface area contributed by atoms with Crippen molar-refractivity contribution in [2.75, 3.05) is 19.4 Å². The third-order valence-electron chi connectivity index (χ3n) is 4.48. The fourth-order valence-corrected chi connectivity index (χ4v) is 3.01. The number of carbonyl (C=O) groups is 2. The second kappa shape index (κ2) is 7.39. The normalized spacial score (nSPS) is 10.9. The largest absolute Gasteiger partial charge is 0.345 e. The highest BCUT2D eigenvalue weighted by Gasteiger charge is 2.23. The zero-order chi connectivity index (χ0) is 21.4. The fourth-order valence-electron chi connectivity index (χ4n) is 3.01. The van der Waals surface area contributed by atoms with Gasteiger partial charge in [0.15, 0.2) is 0 Å². The number of fused-ring (bicyclic) bond motifs is 1. The number of anilines is 1. The first kappa shape index (κ1) is 19.2. The van der Waals surface area contributed by atoms with E-state index in [-0.39, 0.29) is 28.8 Å². The molecular formula is C20H18FN7O2. The molecule has 0 spiro atoms. The van der Waals surface area contributed by atoms with E-state index in [1.165, 1.54) is 27.9 Å². The van der Waals surface area contributed by atoms with Crippen LogP contribution in [0.4, 0.5) is 10.2 Å². The van der Waals surface area contributed by atoms with E-state index in [0.717, 1.165) is 0 Å². The molecule has 4 rings (SSSR count). The van der Waals surface area contributed by atoms with E-state index in [1.807, 2.05) is 0 Å². The number of nitrogens with one attached hydrogen (secondary N) is 1. The van der Waals surface area contributed by atoms with Crippen LogP contribution in [0.1, 0.15) is 20.8 Å². The second-order valence-corrected chi connectivity index (χ2v) is 6.84. The molecule has 1 aromatic carbocycles. The predicted molar refractivity (Wildman–Crippen MR) is 108 cm³/mol. The summed E-state index contributed by atoms with van der Waals surface area (Å²) < 4.78 is 16.5. The van der Waals surface area contributed by atoms with E-state index in [0.29, 0.717) is 17.0 Å². The molecule has 0 saturated heterocycles. The molecule has 0 saturated carbocycles. The van der Waals surface area contributed by atoms with Gasteiger partial charge in [-0.15, -0.1) is 0 Å². The summed E-state index contributed by atoms with van der Waals surface area (Å²) in [7, 11) is 4.78. The van der Waals surface area contributed by atoms with Gasteiger partial charge in [-0.25, -0.2) is 9.37 Å². The van der Waals surface area contributed by atoms with E-state index in [1.54, 1.807) is 56.1 Å². The lowest BCUT2D eigenvalue weighted by molar-refractivity contribution is 0.0821. The maximum atomic E-state index is 13.5. The van der Waals surface area contributed by atoms with Crippen LogP contribution in [-0.2, 0) is 7.05 Å². The van der Waals surface area contributed by atoms with Crippen molar-refractivity contribution in [3.8, 4) is 11.3 Å². The number of hydrogen-bond acceptors (Lipinski definition) is 5. The molecule has 0 radical (unpaired) electrons. The zero-order valence-corrected chi connectivity index (χ0v) is 16.5. The van der Waals surface area contributed by atoms with Crippen LogP contribution < -0.4 is 5.32 Å². The number of nitrogens with zero attached hydrogens (tertiary/aromatic N) is 6. The minimum Gasteiger partial charge on any atom is -0.345 e. The molecule has 0 aliphatic heterocycles. The fraction of sp³-hybridized carbons (Fsp3) is 0.150. The van der Waals surface area contributed by atoms with Gasteiger partial charge < -0.3 is 10.2 Å². The Kier molecular flexibility index (Phi) is 4.74. The van der Waals surface area contributed by atoms with Crippen LogP contribution in [0, 0.1) is 5.82 Å². The summed E-state index contributed by atoms with van der Waals surface area (Å²) in [6, 6.07) is 7.70. The first-order valence-corrected chi connectivity index (χ1v) is 9.00. The number of rotatable bonds is 4. The van der Waals surface area contributed by atoms with Crippen LogP contribution in [-0.4, -0.2) is 55.0 Å². The summed E-state index contributed by atoms with van der Waals surface area (Å²) in [5, 5.41) is 6.69. The van der Waals surface area contributed by atoms with Crippen LogP contribution in [0.5, 0.6) is 0 Å². The third kappa shape index (κ3) is 3.50. The number of halogens is 1. The van der Waals surface area contributed by atoms with Crippen LogP contribution in [0.3, 0.4) is 0 Å². The number of amides is 2. The Morgan fingerprint density at radius 3 is 2.70 bits per heavy atom. The summed E-state index contributed by atoms with van der Waals surface area (Å²) in [5.74, 6) is -0.613. The van der Waals surface area contributed by atoms with E-state index in [4.69, 9.17) is 0 Å². The number of aryl methyl sites for hydroxylation is 1. The Bertz CT molecular complexity index is 1280. The molecule has 0 fully saturated rings. The number of imidazole rings is 1. The molecule has 0 atom stereocenters. The lowest BCUT2D eigenvalue weighted by atomic mass is 10.2. The van der Waals surface area contributed by atoms with Gasteiger partial charge in [-0.05, 0) is 18.2 Å². The van der Waals surface area contributed by atoms with Gasteiger partial charge in [-0.3, -0.25) is 18.7 Å². The van der Waals surface area contributed by atoms with E-state index in [2.05, 4.69) is 20.4 Å². The Morgan fingerprint density at radius 1 is 1.17 bits per heavy atom. The maximum absolute atomic E-state index is 13.5. The Morgan fingerprint density at radius 2 is 1.97 bits per heavy atom. The molecule has 9 nitrogen and oxygen atoms in total. The Hall–Kier alpha value is -4.08. The van der Waals surface area contributed by atoms with Crippen molar-refractivity contribution < 1.29 is 14.0 Å². The average Bonchev–Trinajstić information content (AvgIpc) is 3.30. The van der Waals surface area contributed by atoms with Crippen molar-refractivity contribution in [3.05, 3.63) is 66.0 Å². The topological polar surface area (TPSA) is 97.4 Å². The third-order valence-corrected chi connectivity index (χ3v) is 4.48. The van der Waals surface area contributed by atoms with Crippen LogP contribution in [0.2, 0.25) is 0 Å². The lowest BCUT2D eigenvalue weighted by Gasteiger charge is -2.11. The van der Waals surface area contributed by atoms with Gasteiger partial charge in [0.2, 0.25) is 5.78 Å². The molecule has 0 bridgehead atoms. The van der Waals surface area contributed by atoms with E-state index in [9.17, 15) is 14.0 Å². The Balaban J connectivity index is 1.63. The monoisotopic (exact) mass is 407 g/mol. The summed E-state index contributed by atoms with van der Waals surface area (Å²) in [6.45, 7) is 0. The highest BCUT2D eigenvalue weighted by Crippen LogP contribution is 2.20. The Labute approximate surface area is 170 Å². The van der Waals surface area contributed by atoms with Gasteiger partial charge in [0.05, 0.1) is 17.5 Å². The molecule has 2 amide bonds.